The van der Waals surface area contributed by atoms with Gasteiger partial charge in [0, 0.05) is 31.8 Å². The van der Waals surface area contributed by atoms with Crippen molar-refractivity contribution in [2.45, 2.75) is 57.3 Å². The Labute approximate surface area is 434 Å². The molecule has 3 heterocycles. The Morgan fingerprint density at radius 3 is 1.72 bits per heavy atom. The molecular weight excluding hydrogens is 911 g/mol. The van der Waals surface area contributed by atoms with E-state index in [1.54, 1.807) is 0 Å². The quantitative estimate of drug-likeness (QED) is 0.152. The molecule has 0 amide bonds. The molecular formula is C72H53NS. The van der Waals surface area contributed by atoms with Crippen molar-refractivity contribution < 1.29 is 0 Å². The summed E-state index contributed by atoms with van der Waals surface area (Å²) in [5.74, 6) is 1.08. The smallest absolute Gasteiger partial charge is 0.0715 e. The highest BCUT2D eigenvalue weighted by Gasteiger charge is 2.37. The van der Waals surface area contributed by atoms with Crippen LogP contribution < -0.4 is 0 Å². The topological polar surface area (TPSA) is 4.93 Å². The summed E-state index contributed by atoms with van der Waals surface area (Å²) in [7, 11) is 0. The van der Waals surface area contributed by atoms with E-state index in [1.807, 2.05) is 11.3 Å². The van der Waals surface area contributed by atoms with Gasteiger partial charge >= 0.3 is 0 Å². The van der Waals surface area contributed by atoms with Gasteiger partial charge in [0.25, 0.3) is 0 Å². The molecule has 0 saturated heterocycles. The van der Waals surface area contributed by atoms with Crippen molar-refractivity contribution in [2.24, 2.45) is 5.92 Å². The van der Waals surface area contributed by atoms with Gasteiger partial charge in [0.15, 0.2) is 0 Å². The first kappa shape index (κ1) is 42.5. The number of allylic oxidation sites excluding steroid dienone is 2. The van der Waals surface area contributed by atoms with Crippen LogP contribution in [0.3, 0.4) is 0 Å². The second kappa shape index (κ2) is 16.2. The van der Waals surface area contributed by atoms with Gasteiger partial charge in [-0.25, -0.2) is 0 Å². The molecule has 352 valence electrons. The minimum Gasteiger partial charge on any atom is -0.307 e. The molecule has 2 aliphatic rings. The number of hydrogen-bond donors (Lipinski definition) is 0. The molecule has 0 N–H and O–H groups in total. The van der Waals surface area contributed by atoms with Crippen LogP contribution in [0.2, 0.25) is 0 Å². The van der Waals surface area contributed by atoms with Gasteiger partial charge in [-0.2, -0.15) is 0 Å². The van der Waals surface area contributed by atoms with Crippen molar-refractivity contribution in [3.63, 3.8) is 0 Å². The normalized spacial score (nSPS) is 19.4. The molecule has 3 unspecified atom stereocenters. The molecule has 0 spiro atoms. The number of benzene rings is 12. The third-order valence-corrected chi connectivity index (χ3v) is 19.3. The van der Waals surface area contributed by atoms with Gasteiger partial charge in [-0.05, 0) is 161 Å². The third kappa shape index (κ3) is 6.22. The van der Waals surface area contributed by atoms with Gasteiger partial charge in [-0.3, -0.25) is 0 Å². The van der Waals surface area contributed by atoms with Crippen molar-refractivity contribution >= 4 is 124 Å². The van der Waals surface area contributed by atoms with Gasteiger partial charge in [-0.15, -0.1) is 11.3 Å². The fourth-order valence-corrected chi connectivity index (χ4v) is 16.0. The lowest BCUT2D eigenvalue weighted by molar-refractivity contribution is 0.341. The predicted molar refractivity (Wildman–Crippen MR) is 320 cm³/mol. The Hall–Kier alpha value is -8.04. The van der Waals surface area contributed by atoms with Crippen LogP contribution in [-0.2, 0) is 0 Å². The van der Waals surface area contributed by atoms with E-state index >= 15 is 0 Å². The first-order chi connectivity index (χ1) is 36.5. The number of hydrogen-bond acceptors (Lipinski definition) is 1. The van der Waals surface area contributed by atoms with Gasteiger partial charge in [0.1, 0.15) is 0 Å². The number of fused-ring (bicyclic) bond motifs is 23. The average Bonchev–Trinajstić information content (AvgIpc) is 3.99. The molecule has 16 rings (SSSR count). The van der Waals surface area contributed by atoms with E-state index in [0.717, 1.165) is 25.7 Å². The number of aromatic nitrogens is 1. The minimum atomic E-state index is 0.189. The maximum Gasteiger partial charge on any atom is 0.0715 e. The van der Waals surface area contributed by atoms with Crippen LogP contribution in [0.1, 0.15) is 79.5 Å². The van der Waals surface area contributed by atoms with Crippen molar-refractivity contribution in [2.75, 3.05) is 0 Å². The maximum absolute atomic E-state index is 2.72. The molecule has 1 aliphatic carbocycles. The molecule has 1 nitrogen and oxygen atoms in total. The monoisotopic (exact) mass is 963 g/mol. The van der Waals surface area contributed by atoms with E-state index in [1.165, 1.54) is 146 Å². The Morgan fingerprint density at radius 2 is 0.986 bits per heavy atom. The molecule has 2 aromatic heterocycles. The van der Waals surface area contributed by atoms with Gasteiger partial charge in [-0.1, -0.05) is 207 Å². The highest BCUT2D eigenvalue weighted by molar-refractivity contribution is 7.27. The zero-order valence-corrected chi connectivity index (χ0v) is 42.5. The highest BCUT2D eigenvalue weighted by atomic mass is 32.1. The van der Waals surface area contributed by atoms with Gasteiger partial charge in [0.05, 0.1) is 21.4 Å². The molecule has 4 atom stereocenters. The van der Waals surface area contributed by atoms with Crippen LogP contribution in [0.25, 0.3) is 118 Å². The summed E-state index contributed by atoms with van der Waals surface area (Å²) in [4.78, 5) is 0. The Kier molecular flexibility index (Phi) is 9.31. The van der Waals surface area contributed by atoms with Crippen molar-refractivity contribution in [3.8, 4) is 5.69 Å². The van der Waals surface area contributed by atoms with Crippen molar-refractivity contribution in [1.82, 2.24) is 4.57 Å². The maximum atomic E-state index is 2.72. The standard InChI is InChI=1S/C72H53NS/c1-42-27-28-49(63-37-47-18-6-8-20-51(47)54-23-11-13-25-56(54)63)35-43(2)69(66-38-48-19-7-9-21-52(48)55-24-12-14-26-57(55)66)64-41-62(42)59-33-34-61-60-32-29-44-15-5-10-22-53(44)71(60)74-72(61)70(59)73-67-40-50(64)30-31-58(67)65-36-45-16-3-4-17-46(45)39-68(65)73/h3-26,29-34,36-40,43,49,64,69H,27-28,35,41H2,1-2H3/b62-42+/t43?,49?,64?,69-/m0/s1. The van der Waals surface area contributed by atoms with Crippen LogP contribution in [0.15, 0.2) is 218 Å². The fraction of sp³-hybridized carbons (Fsp3) is 0.139. The molecule has 4 bridgehead atoms. The fourth-order valence-electron chi connectivity index (χ4n) is 14.6. The van der Waals surface area contributed by atoms with Crippen LogP contribution in [0, 0.1) is 5.92 Å². The number of thiophene rings is 1. The second-order valence-corrected chi connectivity index (χ2v) is 23.0. The Bertz CT molecular complexity index is 4730. The SMILES string of the molecule is C/C1=C2/CC(c3ccc4c5cc6ccccc6cc5n(c4c3)-c3c2ccc2c3sc3c4ccccc4ccc23)[C@@H](c2cc3ccccc3c3ccccc23)C(C)CC(c2cc3ccccc3c3ccccc23)CC1. The summed E-state index contributed by atoms with van der Waals surface area (Å²) in [5.41, 5.74) is 12.7. The largest absolute Gasteiger partial charge is 0.307 e. The number of rotatable bonds is 2. The molecule has 2 heteroatoms. The van der Waals surface area contributed by atoms with Crippen molar-refractivity contribution in [3.05, 3.63) is 240 Å². The van der Waals surface area contributed by atoms with E-state index in [4.69, 9.17) is 0 Å². The molecule has 1 aliphatic heterocycles. The van der Waals surface area contributed by atoms with Crippen LogP contribution in [-0.4, -0.2) is 4.57 Å². The van der Waals surface area contributed by atoms with E-state index < -0.39 is 0 Å². The van der Waals surface area contributed by atoms with E-state index in [9.17, 15) is 0 Å². The highest BCUT2D eigenvalue weighted by Crippen LogP contribution is 2.55. The minimum absolute atomic E-state index is 0.189. The summed E-state index contributed by atoms with van der Waals surface area (Å²) >= 11 is 2.00. The molecule has 14 aromatic rings. The zero-order valence-electron chi connectivity index (χ0n) is 41.7. The predicted octanol–water partition coefficient (Wildman–Crippen LogP) is 20.7. The Morgan fingerprint density at radius 1 is 0.432 bits per heavy atom. The molecule has 0 fully saturated rings. The third-order valence-electron chi connectivity index (χ3n) is 18.0. The summed E-state index contributed by atoms with van der Waals surface area (Å²) in [6.07, 6.45) is 4.16. The summed E-state index contributed by atoms with van der Waals surface area (Å²) in [5, 5.41) is 21.3. The van der Waals surface area contributed by atoms with Gasteiger partial charge < -0.3 is 4.57 Å². The summed E-state index contributed by atoms with van der Waals surface area (Å²) in [6, 6.07) is 82.3. The number of nitrogens with zero attached hydrogens (tertiary/aromatic N) is 1. The van der Waals surface area contributed by atoms with E-state index in [-0.39, 0.29) is 11.8 Å². The molecule has 74 heavy (non-hydrogen) atoms. The first-order valence-electron chi connectivity index (χ1n) is 26.9. The Balaban J connectivity index is 1.04. The average molecular weight is 964 g/mol. The second-order valence-electron chi connectivity index (χ2n) is 21.9. The lowest BCUT2D eigenvalue weighted by Gasteiger charge is -2.38. The zero-order chi connectivity index (χ0) is 48.8. The molecule has 0 radical (unpaired) electrons. The van der Waals surface area contributed by atoms with E-state index in [2.05, 4.69) is 231 Å². The van der Waals surface area contributed by atoms with E-state index in [0.29, 0.717) is 11.8 Å². The van der Waals surface area contributed by atoms with Crippen LogP contribution in [0.4, 0.5) is 0 Å². The lowest BCUT2D eigenvalue weighted by Crippen LogP contribution is -2.23. The molecule has 0 saturated carbocycles. The lowest BCUT2D eigenvalue weighted by atomic mass is 9.66. The van der Waals surface area contributed by atoms with Crippen LogP contribution >= 0.6 is 11.3 Å². The van der Waals surface area contributed by atoms with Gasteiger partial charge in [0.2, 0.25) is 0 Å². The van der Waals surface area contributed by atoms with Crippen molar-refractivity contribution in [1.29, 1.82) is 0 Å². The van der Waals surface area contributed by atoms with Crippen LogP contribution in [0.5, 0.6) is 0 Å². The summed E-state index contributed by atoms with van der Waals surface area (Å²) in [6.45, 7) is 5.12. The first-order valence-corrected chi connectivity index (χ1v) is 27.7. The molecule has 12 aromatic carbocycles. The summed E-state index contributed by atoms with van der Waals surface area (Å²) < 4.78 is 5.46.